The van der Waals surface area contributed by atoms with Crippen LogP contribution in [-0.4, -0.2) is 23.3 Å². The molecular weight excluding hydrogens is 377 g/mol. The number of benzene rings is 2. The van der Waals surface area contributed by atoms with Crippen LogP contribution in [0.3, 0.4) is 0 Å². The van der Waals surface area contributed by atoms with Crippen molar-refractivity contribution in [3.05, 3.63) is 65.5 Å². The van der Waals surface area contributed by atoms with E-state index in [0.29, 0.717) is 16.9 Å². The van der Waals surface area contributed by atoms with Gasteiger partial charge in [0.1, 0.15) is 11.6 Å². The Morgan fingerprint density at radius 3 is 2.54 bits per heavy atom. The van der Waals surface area contributed by atoms with Gasteiger partial charge in [-0.15, -0.1) is 0 Å². The quantitative estimate of drug-likeness (QED) is 0.260. The Balaban J connectivity index is 1.48. The first kappa shape index (κ1) is 19.9. The molecule has 0 amide bonds. The van der Waals surface area contributed by atoms with Crippen molar-refractivity contribution in [3.8, 4) is 5.75 Å². The molecule has 0 radical (unpaired) electrons. The molecule has 0 spiro atoms. The largest absolute Gasteiger partial charge is 0.423 e. The molecule has 0 bridgehead atoms. The summed E-state index contributed by atoms with van der Waals surface area (Å²) in [5.74, 6) is -1.02. The van der Waals surface area contributed by atoms with E-state index in [1.165, 1.54) is 37.5 Å². The van der Waals surface area contributed by atoms with E-state index in [2.05, 4.69) is 15.8 Å². The van der Waals surface area contributed by atoms with Gasteiger partial charge < -0.3 is 10.1 Å². The van der Waals surface area contributed by atoms with Gasteiger partial charge in [0.15, 0.2) is 5.11 Å². The minimum atomic E-state index is -0.736. The average Bonchev–Trinajstić information content (AvgIpc) is 2.70. The predicted molar refractivity (Wildman–Crippen MR) is 111 cm³/mol. The summed E-state index contributed by atoms with van der Waals surface area (Å²) < 4.78 is 18.8. The number of hydrogen-bond acceptors (Lipinski definition) is 4. The lowest BCUT2D eigenvalue weighted by Gasteiger charge is -2.23. The van der Waals surface area contributed by atoms with Gasteiger partial charge in [0.2, 0.25) is 0 Å². The molecule has 1 saturated carbocycles. The average molecular weight is 399 g/mol. The zero-order valence-electron chi connectivity index (χ0n) is 15.4. The zero-order valence-corrected chi connectivity index (χ0v) is 16.2. The van der Waals surface area contributed by atoms with Crippen LogP contribution in [0.15, 0.2) is 53.6 Å². The second-order valence-electron chi connectivity index (χ2n) is 6.62. The number of ether oxygens (including phenoxy) is 1. The van der Waals surface area contributed by atoms with Crippen molar-refractivity contribution >= 4 is 29.5 Å². The highest BCUT2D eigenvalue weighted by Gasteiger charge is 2.14. The maximum absolute atomic E-state index is 13.6. The molecule has 0 aliphatic heterocycles. The van der Waals surface area contributed by atoms with Crippen molar-refractivity contribution in [2.24, 2.45) is 5.10 Å². The summed E-state index contributed by atoms with van der Waals surface area (Å²) in [7, 11) is 0. The van der Waals surface area contributed by atoms with Crippen molar-refractivity contribution in [1.29, 1.82) is 0 Å². The molecule has 1 aliphatic carbocycles. The maximum Gasteiger partial charge on any atom is 0.346 e. The van der Waals surface area contributed by atoms with Gasteiger partial charge in [-0.1, -0.05) is 31.4 Å². The molecule has 0 aromatic heterocycles. The van der Waals surface area contributed by atoms with Gasteiger partial charge in [-0.2, -0.15) is 5.10 Å². The Morgan fingerprint density at radius 2 is 1.82 bits per heavy atom. The monoisotopic (exact) mass is 399 g/mol. The number of rotatable bonds is 5. The number of thiocarbonyl (C=S) groups is 1. The van der Waals surface area contributed by atoms with Crippen molar-refractivity contribution < 1.29 is 13.9 Å². The topological polar surface area (TPSA) is 62.7 Å². The predicted octanol–water partition coefficient (Wildman–Crippen LogP) is 4.18. The lowest BCUT2D eigenvalue weighted by molar-refractivity contribution is 0.0730. The van der Waals surface area contributed by atoms with E-state index in [1.807, 2.05) is 0 Å². The Morgan fingerprint density at radius 1 is 1.11 bits per heavy atom. The molecule has 0 atom stereocenters. The van der Waals surface area contributed by atoms with Crippen LogP contribution in [-0.2, 0) is 0 Å². The van der Waals surface area contributed by atoms with E-state index in [-0.39, 0.29) is 5.56 Å². The van der Waals surface area contributed by atoms with Gasteiger partial charge in [0.25, 0.3) is 0 Å². The number of hydrogen-bond donors (Lipinski definition) is 2. The highest BCUT2D eigenvalue weighted by atomic mass is 32.1. The van der Waals surface area contributed by atoms with Gasteiger partial charge in [-0.3, -0.25) is 5.43 Å². The van der Waals surface area contributed by atoms with Crippen LogP contribution >= 0.6 is 12.2 Å². The molecule has 2 aromatic rings. The van der Waals surface area contributed by atoms with Crippen LogP contribution < -0.4 is 15.5 Å². The van der Waals surface area contributed by atoms with Gasteiger partial charge >= 0.3 is 5.97 Å². The van der Waals surface area contributed by atoms with E-state index >= 15 is 0 Å². The first-order chi connectivity index (χ1) is 13.6. The molecule has 146 valence electrons. The normalized spacial score (nSPS) is 14.6. The lowest BCUT2D eigenvalue weighted by atomic mass is 9.96. The standard InChI is InChI=1S/C21H22FN3O2S/c22-19-9-5-4-8-18(19)20(26)27-17-12-10-15(11-13-17)14-23-25-21(28)24-16-6-2-1-3-7-16/h4-5,8-14,16H,1-3,6-7H2,(H2,24,25,28)/b23-14+. The lowest BCUT2D eigenvalue weighted by Crippen LogP contribution is -2.40. The minimum Gasteiger partial charge on any atom is -0.423 e. The van der Waals surface area contributed by atoms with E-state index in [9.17, 15) is 9.18 Å². The molecule has 5 nitrogen and oxygen atoms in total. The summed E-state index contributed by atoms with van der Waals surface area (Å²) >= 11 is 5.25. The second kappa shape index (κ2) is 9.94. The second-order valence-corrected chi connectivity index (χ2v) is 7.03. The number of carbonyl (C=O) groups is 1. The van der Waals surface area contributed by atoms with E-state index < -0.39 is 11.8 Å². The third-order valence-electron chi connectivity index (χ3n) is 4.50. The molecule has 3 rings (SSSR count). The van der Waals surface area contributed by atoms with Crippen LogP contribution in [0.1, 0.15) is 48.0 Å². The molecular formula is C21H22FN3O2S. The van der Waals surface area contributed by atoms with Crippen molar-refractivity contribution in [3.63, 3.8) is 0 Å². The fourth-order valence-corrected chi connectivity index (χ4v) is 3.26. The summed E-state index contributed by atoms with van der Waals surface area (Å²) in [6, 6.07) is 12.9. The zero-order chi connectivity index (χ0) is 19.8. The van der Waals surface area contributed by atoms with E-state index in [0.717, 1.165) is 18.4 Å². The van der Waals surface area contributed by atoms with Crippen LogP contribution in [0.2, 0.25) is 0 Å². The van der Waals surface area contributed by atoms with Gasteiger partial charge in [0, 0.05) is 6.04 Å². The van der Waals surface area contributed by atoms with Crippen molar-refractivity contribution in [1.82, 2.24) is 10.7 Å². The maximum atomic E-state index is 13.6. The Hall–Kier alpha value is -2.80. The molecule has 7 heteroatoms. The summed E-state index contributed by atoms with van der Waals surface area (Å²) in [5, 5.41) is 7.91. The molecule has 0 saturated heterocycles. The van der Waals surface area contributed by atoms with Crippen molar-refractivity contribution in [2.45, 2.75) is 38.1 Å². The SMILES string of the molecule is O=C(Oc1ccc(/C=N/NC(=S)NC2CCCCC2)cc1)c1ccccc1F. The molecule has 1 fully saturated rings. The van der Waals surface area contributed by atoms with E-state index in [1.54, 1.807) is 36.5 Å². The summed E-state index contributed by atoms with van der Waals surface area (Å²) in [6.07, 6.45) is 7.66. The third-order valence-corrected chi connectivity index (χ3v) is 4.71. The minimum absolute atomic E-state index is 0.101. The summed E-state index contributed by atoms with van der Waals surface area (Å²) in [6.45, 7) is 0. The molecule has 0 heterocycles. The molecule has 2 N–H and O–H groups in total. The smallest absolute Gasteiger partial charge is 0.346 e. The Kier molecular flexibility index (Phi) is 7.08. The number of hydrazone groups is 1. The Bertz CT molecular complexity index is 849. The molecule has 1 aliphatic rings. The molecule has 28 heavy (non-hydrogen) atoms. The Labute approximate surface area is 169 Å². The van der Waals surface area contributed by atoms with Crippen LogP contribution in [0.4, 0.5) is 4.39 Å². The summed E-state index contributed by atoms with van der Waals surface area (Å²) in [5.41, 5.74) is 3.52. The van der Waals surface area contributed by atoms with E-state index in [4.69, 9.17) is 17.0 Å². The van der Waals surface area contributed by atoms with Crippen molar-refractivity contribution in [2.75, 3.05) is 0 Å². The fourth-order valence-electron chi connectivity index (χ4n) is 3.04. The number of esters is 1. The van der Waals surface area contributed by atoms with Crippen LogP contribution in [0, 0.1) is 5.82 Å². The number of carbonyl (C=O) groups excluding carboxylic acids is 1. The number of halogens is 1. The first-order valence-electron chi connectivity index (χ1n) is 9.28. The highest BCUT2D eigenvalue weighted by molar-refractivity contribution is 7.80. The number of nitrogens with zero attached hydrogens (tertiary/aromatic N) is 1. The highest BCUT2D eigenvalue weighted by Crippen LogP contribution is 2.17. The van der Waals surface area contributed by atoms with Gasteiger partial charge in [-0.05, 0) is 67.0 Å². The van der Waals surface area contributed by atoms with Crippen LogP contribution in [0.5, 0.6) is 5.75 Å². The summed E-state index contributed by atoms with van der Waals surface area (Å²) in [4.78, 5) is 12.0. The molecule has 0 unspecified atom stereocenters. The van der Waals surface area contributed by atoms with Crippen LogP contribution in [0.25, 0.3) is 0 Å². The first-order valence-corrected chi connectivity index (χ1v) is 9.69. The molecule has 2 aromatic carbocycles. The third kappa shape index (κ3) is 5.85. The van der Waals surface area contributed by atoms with Gasteiger partial charge in [-0.25, -0.2) is 9.18 Å². The van der Waals surface area contributed by atoms with Gasteiger partial charge in [0.05, 0.1) is 11.8 Å². The fraction of sp³-hybridized carbons (Fsp3) is 0.286. The number of nitrogens with one attached hydrogen (secondary N) is 2.